The number of aryl methyl sites for hydroxylation is 2. The molecule has 0 aliphatic carbocycles. The summed E-state index contributed by atoms with van der Waals surface area (Å²) in [7, 11) is 0. The second kappa shape index (κ2) is 9.86. The molecule has 0 aromatic heterocycles. The summed E-state index contributed by atoms with van der Waals surface area (Å²) in [5.74, 6) is -0.680. The monoisotopic (exact) mass is 439 g/mol. The Morgan fingerprint density at radius 1 is 0.939 bits per heavy atom. The predicted octanol–water partition coefficient (Wildman–Crippen LogP) is 5.84. The van der Waals surface area contributed by atoms with E-state index in [2.05, 4.69) is 0 Å². The zero-order valence-electron chi connectivity index (χ0n) is 19.4. The van der Waals surface area contributed by atoms with E-state index in [1.807, 2.05) is 99.6 Å². The number of esters is 1. The molecule has 0 N–H and O–H groups in total. The average Bonchev–Trinajstić information content (AvgIpc) is 2.81. The average molecular weight is 440 g/mol. The number of allylic oxidation sites excluding steroid dienone is 1. The Kier molecular flexibility index (Phi) is 6.74. The number of nitrogens with zero attached hydrogens (tertiary/aromatic N) is 1. The lowest BCUT2D eigenvalue weighted by atomic mass is 9.83. The molecule has 4 rings (SSSR count). The van der Waals surface area contributed by atoms with E-state index in [1.165, 1.54) is 0 Å². The highest BCUT2D eigenvalue weighted by Gasteiger charge is 2.37. The van der Waals surface area contributed by atoms with Crippen LogP contribution in [0.5, 0.6) is 0 Å². The van der Waals surface area contributed by atoms with Gasteiger partial charge in [-0.2, -0.15) is 0 Å². The maximum atomic E-state index is 13.4. The zero-order chi connectivity index (χ0) is 23.4. The minimum atomic E-state index is -0.370. The summed E-state index contributed by atoms with van der Waals surface area (Å²) in [4.78, 5) is 28.4. The second-order valence-corrected chi connectivity index (χ2v) is 8.64. The van der Waals surface area contributed by atoms with E-state index in [1.54, 1.807) is 4.90 Å². The van der Waals surface area contributed by atoms with E-state index in [4.69, 9.17) is 4.74 Å². The molecule has 1 aliphatic rings. The maximum absolute atomic E-state index is 13.4. The van der Waals surface area contributed by atoms with Crippen molar-refractivity contribution in [2.75, 3.05) is 0 Å². The maximum Gasteiger partial charge on any atom is 0.336 e. The summed E-state index contributed by atoms with van der Waals surface area (Å²) in [6.07, 6.45) is 0.239. The fourth-order valence-electron chi connectivity index (χ4n) is 4.40. The van der Waals surface area contributed by atoms with E-state index in [0.717, 1.165) is 27.8 Å². The van der Waals surface area contributed by atoms with Crippen LogP contribution in [0.1, 0.15) is 47.1 Å². The fourth-order valence-corrected chi connectivity index (χ4v) is 4.40. The first-order valence-electron chi connectivity index (χ1n) is 11.3. The Morgan fingerprint density at radius 3 is 2.39 bits per heavy atom. The molecule has 4 nitrogen and oxygen atoms in total. The molecule has 3 aromatic carbocycles. The first-order chi connectivity index (χ1) is 15.9. The summed E-state index contributed by atoms with van der Waals surface area (Å²) in [5.41, 5.74) is 6.40. The molecule has 33 heavy (non-hydrogen) atoms. The van der Waals surface area contributed by atoms with Gasteiger partial charge in [0.25, 0.3) is 0 Å². The van der Waals surface area contributed by atoms with Gasteiger partial charge in [-0.1, -0.05) is 84.4 Å². The normalized spacial score (nSPS) is 16.2. The van der Waals surface area contributed by atoms with Crippen molar-refractivity contribution in [2.24, 2.45) is 0 Å². The lowest BCUT2D eigenvalue weighted by Crippen LogP contribution is -2.38. The number of hydrogen-bond donors (Lipinski definition) is 0. The van der Waals surface area contributed by atoms with E-state index >= 15 is 0 Å². The minimum Gasteiger partial charge on any atom is -0.457 e. The van der Waals surface area contributed by atoms with Crippen LogP contribution in [0, 0.1) is 13.8 Å². The lowest BCUT2D eigenvalue weighted by molar-refractivity contribution is -0.141. The summed E-state index contributed by atoms with van der Waals surface area (Å²) >= 11 is 0. The molecule has 1 atom stereocenters. The number of carbonyl (C=O) groups excluding carboxylic acids is 2. The van der Waals surface area contributed by atoms with Gasteiger partial charge >= 0.3 is 5.97 Å². The number of carbonyl (C=O) groups is 2. The Balaban J connectivity index is 1.70. The predicted molar refractivity (Wildman–Crippen MR) is 129 cm³/mol. The van der Waals surface area contributed by atoms with Gasteiger partial charge < -0.3 is 9.64 Å². The molecule has 168 valence electrons. The Morgan fingerprint density at radius 2 is 1.67 bits per heavy atom. The lowest BCUT2D eigenvalue weighted by Gasteiger charge is -2.35. The van der Waals surface area contributed by atoms with Crippen LogP contribution in [-0.4, -0.2) is 16.8 Å². The molecular formula is C29H29NO3. The summed E-state index contributed by atoms with van der Waals surface area (Å²) in [6.45, 7) is 6.54. The van der Waals surface area contributed by atoms with Gasteiger partial charge in [0.1, 0.15) is 6.61 Å². The Bertz CT molecular complexity index is 1200. The van der Waals surface area contributed by atoms with Crippen molar-refractivity contribution in [1.82, 2.24) is 4.90 Å². The summed E-state index contributed by atoms with van der Waals surface area (Å²) < 4.78 is 5.74. The van der Waals surface area contributed by atoms with Crippen molar-refractivity contribution in [2.45, 2.75) is 46.3 Å². The van der Waals surface area contributed by atoms with Crippen LogP contribution in [-0.2, 0) is 27.5 Å². The third-order valence-electron chi connectivity index (χ3n) is 6.29. The smallest absolute Gasteiger partial charge is 0.336 e. The highest BCUT2D eigenvalue weighted by Crippen LogP contribution is 2.38. The van der Waals surface area contributed by atoms with Crippen LogP contribution < -0.4 is 0 Å². The number of benzene rings is 3. The van der Waals surface area contributed by atoms with Gasteiger partial charge in [-0.15, -0.1) is 0 Å². The van der Waals surface area contributed by atoms with E-state index in [0.29, 0.717) is 17.8 Å². The highest BCUT2D eigenvalue weighted by molar-refractivity contribution is 5.95. The standard InChI is InChI=1S/C29H29NO3/c1-20-10-9-15-24(16-20)26-17-27(31)30(18-25-14-8-7-11-21(25)2)22(3)28(26)29(32)33-19-23-12-5-4-6-13-23/h4-16,26H,17-19H2,1-3H3. The first-order valence-corrected chi connectivity index (χ1v) is 11.3. The van der Waals surface area contributed by atoms with Gasteiger partial charge in [0.15, 0.2) is 0 Å². The first kappa shape index (κ1) is 22.5. The van der Waals surface area contributed by atoms with Crippen LogP contribution in [0.3, 0.4) is 0 Å². The molecule has 4 heteroatoms. The Labute approximate surface area is 195 Å². The molecule has 0 saturated heterocycles. The molecule has 3 aromatic rings. The van der Waals surface area contributed by atoms with Gasteiger partial charge in [0.05, 0.1) is 12.1 Å². The molecule has 0 fully saturated rings. The van der Waals surface area contributed by atoms with Gasteiger partial charge in [-0.25, -0.2) is 4.79 Å². The topological polar surface area (TPSA) is 46.6 Å². The van der Waals surface area contributed by atoms with E-state index in [9.17, 15) is 9.59 Å². The van der Waals surface area contributed by atoms with Crippen molar-refractivity contribution >= 4 is 11.9 Å². The number of amides is 1. The van der Waals surface area contributed by atoms with Gasteiger partial charge in [-0.3, -0.25) is 4.79 Å². The van der Waals surface area contributed by atoms with Crippen LogP contribution in [0.2, 0.25) is 0 Å². The molecule has 1 amide bonds. The molecule has 0 radical (unpaired) electrons. The van der Waals surface area contributed by atoms with Crippen molar-refractivity contribution in [3.05, 3.63) is 118 Å². The van der Waals surface area contributed by atoms with Crippen LogP contribution in [0.25, 0.3) is 0 Å². The van der Waals surface area contributed by atoms with E-state index < -0.39 is 0 Å². The SMILES string of the molecule is CC1=C(C(=O)OCc2ccccc2)C(c2cccc(C)c2)CC(=O)N1Cc1ccccc1C. The number of rotatable bonds is 6. The largest absolute Gasteiger partial charge is 0.457 e. The summed E-state index contributed by atoms with van der Waals surface area (Å²) in [6, 6.07) is 25.7. The molecule has 1 aliphatic heterocycles. The number of ether oxygens (including phenoxy) is 1. The molecule has 0 spiro atoms. The van der Waals surface area contributed by atoms with Crippen LogP contribution in [0.4, 0.5) is 0 Å². The van der Waals surface area contributed by atoms with Crippen molar-refractivity contribution < 1.29 is 14.3 Å². The number of hydrogen-bond acceptors (Lipinski definition) is 3. The molecular weight excluding hydrogens is 410 g/mol. The Hall–Kier alpha value is -3.66. The van der Waals surface area contributed by atoms with Crippen LogP contribution >= 0.6 is 0 Å². The van der Waals surface area contributed by atoms with Crippen molar-refractivity contribution in [1.29, 1.82) is 0 Å². The molecule has 1 heterocycles. The zero-order valence-corrected chi connectivity index (χ0v) is 19.4. The summed E-state index contributed by atoms with van der Waals surface area (Å²) in [5, 5.41) is 0. The molecule has 0 saturated carbocycles. The highest BCUT2D eigenvalue weighted by atomic mass is 16.5. The second-order valence-electron chi connectivity index (χ2n) is 8.64. The van der Waals surface area contributed by atoms with Gasteiger partial charge in [0, 0.05) is 18.0 Å². The third-order valence-corrected chi connectivity index (χ3v) is 6.29. The quantitative estimate of drug-likeness (QED) is 0.454. The van der Waals surface area contributed by atoms with Gasteiger partial charge in [0.2, 0.25) is 5.91 Å². The van der Waals surface area contributed by atoms with E-state index in [-0.39, 0.29) is 30.8 Å². The molecule has 1 unspecified atom stereocenters. The van der Waals surface area contributed by atoms with Crippen molar-refractivity contribution in [3.63, 3.8) is 0 Å². The fraction of sp³-hybridized carbons (Fsp3) is 0.241. The van der Waals surface area contributed by atoms with Gasteiger partial charge in [-0.05, 0) is 43.0 Å². The van der Waals surface area contributed by atoms with Crippen LogP contribution in [0.15, 0.2) is 90.1 Å². The minimum absolute atomic E-state index is 0.0156. The van der Waals surface area contributed by atoms with Crippen molar-refractivity contribution in [3.8, 4) is 0 Å². The third kappa shape index (κ3) is 5.06. The molecule has 0 bridgehead atoms.